The number of ether oxygens (including phenoxy) is 1. The second kappa shape index (κ2) is 5.28. The average Bonchev–Trinajstić information content (AvgIpc) is 2.44. The number of rotatable bonds is 1. The maximum atomic E-state index is 5.94. The van der Waals surface area contributed by atoms with Crippen molar-refractivity contribution < 1.29 is 4.74 Å². The fourth-order valence-electron chi connectivity index (χ4n) is 2.82. The molecule has 1 aliphatic carbocycles. The third kappa shape index (κ3) is 3.16. The Labute approximate surface area is 93.0 Å². The zero-order valence-electron chi connectivity index (χ0n) is 9.82. The maximum Gasteiger partial charge on any atom is 0.0674 e. The molecule has 2 N–H and O–H groups in total. The number of nitrogens with two attached hydrogens (primary N) is 1. The molecular formula is C12H24N2O. The smallest absolute Gasteiger partial charge is 0.0674 e. The fourth-order valence-corrected chi connectivity index (χ4v) is 2.82. The average molecular weight is 212 g/mol. The molecule has 1 aliphatic heterocycles. The lowest BCUT2D eigenvalue weighted by molar-refractivity contribution is 0.0556. The molecule has 88 valence electrons. The third-order valence-corrected chi connectivity index (χ3v) is 3.74. The lowest BCUT2D eigenvalue weighted by atomic mass is 9.90. The van der Waals surface area contributed by atoms with Crippen LogP contribution in [0.5, 0.6) is 0 Å². The highest BCUT2D eigenvalue weighted by atomic mass is 16.5. The minimum Gasteiger partial charge on any atom is -0.377 e. The van der Waals surface area contributed by atoms with E-state index in [9.17, 15) is 0 Å². The number of hydrogen-bond donors (Lipinski definition) is 1. The van der Waals surface area contributed by atoms with Gasteiger partial charge in [-0.05, 0) is 39.0 Å². The summed E-state index contributed by atoms with van der Waals surface area (Å²) in [6.07, 6.45) is 6.57. The molecule has 1 unspecified atom stereocenters. The van der Waals surface area contributed by atoms with Gasteiger partial charge in [0, 0.05) is 31.8 Å². The number of hydrogen-bond acceptors (Lipinski definition) is 3. The van der Waals surface area contributed by atoms with Gasteiger partial charge in [-0.2, -0.15) is 0 Å². The quantitative estimate of drug-likeness (QED) is 0.713. The van der Waals surface area contributed by atoms with Gasteiger partial charge in [-0.25, -0.2) is 0 Å². The molecule has 1 saturated heterocycles. The van der Waals surface area contributed by atoms with E-state index in [0.717, 1.165) is 19.2 Å². The third-order valence-electron chi connectivity index (χ3n) is 3.74. The monoisotopic (exact) mass is 212 g/mol. The molecule has 2 rings (SSSR count). The first-order valence-corrected chi connectivity index (χ1v) is 6.37. The molecule has 1 heterocycles. The summed E-state index contributed by atoms with van der Waals surface area (Å²) in [6.45, 7) is 5.45. The van der Waals surface area contributed by atoms with Crippen LogP contribution in [-0.2, 0) is 4.74 Å². The minimum atomic E-state index is 0.406. The van der Waals surface area contributed by atoms with Crippen LogP contribution < -0.4 is 5.73 Å². The normalized spacial score (nSPS) is 40.0. The molecule has 0 aromatic heterocycles. The molecule has 3 nitrogen and oxygen atoms in total. The first-order chi connectivity index (χ1) is 7.25. The predicted molar refractivity (Wildman–Crippen MR) is 61.8 cm³/mol. The van der Waals surface area contributed by atoms with Gasteiger partial charge in [0.2, 0.25) is 0 Å². The van der Waals surface area contributed by atoms with E-state index in [2.05, 4.69) is 11.8 Å². The van der Waals surface area contributed by atoms with Gasteiger partial charge in [-0.1, -0.05) is 0 Å². The summed E-state index contributed by atoms with van der Waals surface area (Å²) in [5.41, 5.74) is 5.94. The lowest BCUT2D eigenvalue weighted by Gasteiger charge is -2.35. The molecule has 15 heavy (non-hydrogen) atoms. The second-order valence-electron chi connectivity index (χ2n) is 5.10. The van der Waals surface area contributed by atoms with Gasteiger partial charge in [-0.3, -0.25) is 4.90 Å². The summed E-state index contributed by atoms with van der Waals surface area (Å²) in [4.78, 5) is 2.63. The molecule has 2 aliphatic rings. The summed E-state index contributed by atoms with van der Waals surface area (Å²) in [5, 5.41) is 0. The largest absolute Gasteiger partial charge is 0.377 e. The van der Waals surface area contributed by atoms with Crippen LogP contribution in [0.4, 0.5) is 0 Å². The van der Waals surface area contributed by atoms with Crippen molar-refractivity contribution in [2.24, 2.45) is 5.73 Å². The molecule has 0 spiro atoms. The van der Waals surface area contributed by atoms with Crippen molar-refractivity contribution in [1.29, 1.82) is 0 Å². The van der Waals surface area contributed by atoms with Gasteiger partial charge in [0.25, 0.3) is 0 Å². The highest BCUT2D eigenvalue weighted by Gasteiger charge is 2.26. The van der Waals surface area contributed by atoms with E-state index in [1.54, 1.807) is 0 Å². The van der Waals surface area contributed by atoms with E-state index >= 15 is 0 Å². The summed E-state index contributed by atoms with van der Waals surface area (Å²) < 4.78 is 5.68. The van der Waals surface area contributed by atoms with E-state index in [0.29, 0.717) is 12.1 Å². The van der Waals surface area contributed by atoms with Crippen LogP contribution in [0.25, 0.3) is 0 Å². The Morgan fingerprint density at radius 1 is 1.20 bits per heavy atom. The highest BCUT2D eigenvalue weighted by molar-refractivity contribution is 4.82. The molecule has 3 heteroatoms. The molecular weight excluding hydrogens is 188 g/mol. The van der Waals surface area contributed by atoms with Gasteiger partial charge in [0.15, 0.2) is 0 Å². The molecule has 1 saturated carbocycles. The second-order valence-corrected chi connectivity index (χ2v) is 5.10. The van der Waals surface area contributed by atoms with Crippen molar-refractivity contribution in [2.45, 2.75) is 57.2 Å². The van der Waals surface area contributed by atoms with Crippen LogP contribution in [0.2, 0.25) is 0 Å². The summed E-state index contributed by atoms with van der Waals surface area (Å²) in [7, 11) is 0. The van der Waals surface area contributed by atoms with Crippen LogP contribution in [0.3, 0.4) is 0 Å². The summed E-state index contributed by atoms with van der Waals surface area (Å²) in [6, 6.07) is 1.23. The fraction of sp³-hybridized carbons (Fsp3) is 1.00. The van der Waals surface area contributed by atoms with E-state index in [1.165, 1.54) is 38.6 Å². The lowest BCUT2D eigenvalue weighted by Crippen LogP contribution is -2.43. The van der Waals surface area contributed by atoms with Crippen molar-refractivity contribution in [2.75, 3.05) is 19.7 Å². The Kier molecular flexibility index (Phi) is 4.00. The van der Waals surface area contributed by atoms with E-state index in [4.69, 9.17) is 10.5 Å². The predicted octanol–water partition coefficient (Wildman–Crippen LogP) is 1.37. The first-order valence-electron chi connectivity index (χ1n) is 6.37. The maximum absolute atomic E-state index is 5.94. The highest BCUT2D eigenvalue weighted by Crippen LogP contribution is 2.23. The van der Waals surface area contributed by atoms with Crippen molar-refractivity contribution >= 4 is 0 Å². The van der Waals surface area contributed by atoms with Crippen molar-refractivity contribution in [3.8, 4) is 0 Å². The van der Waals surface area contributed by atoms with Crippen LogP contribution in [-0.4, -0.2) is 42.8 Å². The van der Waals surface area contributed by atoms with Crippen LogP contribution in [0.1, 0.15) is 39.0 Å². The number of nitrogens with zero attached hydrogens (tertiary/aromatic N) is 1. The van der Waals surface area contributed by atoms with E-state index in [1.807, 2.05) is 0 Å². The standard InChI is InChI=1S/C12H24N2O/c1-10-9-14(7-2-8-15-10)12-5-3-11(13)4-6-12/h10-12H,2-9,13H2,1H3. The molecule has 0 amide bonds. The summed E-state index contributed by atoms with van der Waals surface area (Å²) >= 11 is 0. The van der Waals surface area contributed by atoms with Crippen molar-refractivity contribution in [1.82, 2.24) is 4.90 Å². The van der Waals surface area contributed by atoms with Crippen molar-refractivity contribution in [3.05, 3.63) is 0 Å². The van der Waals surface area contributed by atoms with E-state index < -0.39 is 0 Å². The molecule has 0 radical (unpaired) electrons. The van der Waals surface area contributed by atoms with Gasteiger partial charge >= 0.3 is 0 Å². The van der Waals surface area contributed by atoms with E-state index in [-0.39, 0.29) is 0 Å². The summed E-state index contributed by atoms with van der Waals surface area (Å²) in [5.74, 6) is 0. The Morgan fingerprint density at radius 3 is 2.67 bits per heavy atom. The van der Waals surface area contributed by atoms with Gasteiger partial charge in [0.05, 0.1) is 6.10 Å². The van der Waals surface area contributed by atoms with Crippen LogP contribution >= 0.6 is 0 Å². The van der Waals surface area contributed by atoms with Gasteiger partial charge < -0.3 is 10.5 Å². The molecule has 0 aromatic rings. The Hall–Kier alpha value is -0.120. The molecule has 1 atom stereocenters. The zero-order valence-corrected chi connectivity index (χ0v) is 9.82. The van der Waals surface area contributed by atoms with Crippen LogP contribution in [0.15, 0.2) is 0 Å². The first kappa shape index (κ1) is 11.4. The minimum absolute atomic E-state index is 0.406. The van der Waals surface area contributed by atoms with Crippen LogP contribution in [0, 0.1) is 0 Å². The SMILES string of the molecule is CC1CN(C2CCC(N)CC2)CCCO1. The zero-order chi connectivity index (χ0) is 10.7. The molecule has 0 aromatic carbocycles. The Morgan fingerprint density at radius 2 is 1.93 bits per heavy atom. The molecule has 0 bridgehead atoms. The Balaban J connectivity index is 1.85. The molecule has 2 fully saturated rings. The van der Waals surface area contributed by atoms with Gasteiger partial charge in [0.1, 0.15) is 0 Å². The Bertz CT molecular complexity index is 190. The topological polar surface area (TPSA) is 38.5 Å². The van der Waals surface area contributed by atoms with Crippen molar-refractivity contribution in [3.63, 3.8) is 0 Å². The van der Waals surface area contributed by atoms with Gasteiger partial charge in [-0.15, -0.1) is 0 Å².